The van der Waals surface area contributed by atoms with Gasteiger partial charge in [-0.25, -0.2) is 5.41 Å². The summed E-state index contributed by atoms with van der Waals surface area (Å²) in [4.78, 5) is 2.73. The van der Waals surface area contributed by atoms with Gasteiger partial charge in [0.1, 0.15) is 5.75 Å². The number of hydrogen-bond acceptors (Lipinski definition) is 5. The molecule has 1 unspecified atom stereocenters. The zero-order valence-electron chi connectivity index (χ0n) is 16.3. The number of nitrogens with zero attached hydrogens (tertiary/aromatic N) is 1. The first-order valence-corrected chi connectivity index (χ1v) is 10.5. The molecule has 4 aliphatic rings. The molecular weight excluding hydrogens is 340 g/mol. The predicted octanol–water partition coefficient (Wildman–Crippen LogP) is 3.84. The third-order valence-corrected chi connectivity index (χ3v) is 7.68. The van der Waals surface area contributed by atoms with Gasteiger partial charge in [-0.1, -0.05) is 25.8 Å². The van der Waals surface area contributed by atoms with Crippen molar-refractivity contribution in [3.05, 3.63) is 29.3 Å². The maximum Gasteiger partial charge on any atom is 0.383 e. The van der Waals surface area contributed by atoms with Crippen LogP contribution in [0.3, 0.4) is 0 Å². The van der Waals surface area contributed by atoms with Crippen molar-refractivity contribution in [2.45, 2.75) is 63.3 Å². The van der Waals surface area contributed by atoms with Gasteiger partial charge >= 0.3 is 6.08 Å². The summed E-state index contributed by atoms with van der Waals surface area (Å²) in [5.41, 5.74) is 3.94. The lowest BCUT2D eigenvalue weighted by Crippen LogP contribution is -2.79. The Balaban J connectivity index is 1.36. The normalized spacial score (nSPS) is 35.3. The molecule has 146 valence electrons. The van der Waals surface area contributed by atoms with E-state index in [9.17, 15) is 0 Å². The Morgan fingerprint density at radius 3 is 3.00 bits per heavy atom. The Hall–Kier alpha value is -1.75. The summed E-state index contributed by atoms with van der Waals surface area (Å²) >= 11 is 0. The van der Waals surface area contributed by atoms with Crippen molar-refractivity contribution in [2.24, 2.45) is 5.41 Å². The van der Waals surface area contributed by atoms with Gasteiger partial charge in [-0.3, -0.25) is 4.90 Å². The van der Waals surface area contributed by atoms with Gasteiger partial charge in [0.2, 0.25) is 6.79 Å². The zero-order valence-corrected chi connectivity index (χ0v) is 16.3. The Labute approximate surface area is 161 Å². The number of benzene rings is 1. The van der Waals surface area contributed by atoms with Crippen LogP contribution in [0.4, 0.5) is 0 Å². The highest BCUT2D eigenvalue weighted by Gasteiger charge is 2.69. The molecule has 0 radical (unpaired) electrons. The molecule has 5 nitrogen and oxygen atoms in total. The SMILES string of the molecule is CCCOC(=N)OCOc1ccc2c(c1)[C@]13CCCC[C@@]14CN(CC3)[C@H]4C2. The van der Waals surface area contributed by atoms with Gasteiger partial charge in [0.15, 0.2) is 0 Å². The van der Waals surface area contributed by atoms with Crippen LogP contribution in [0.5, 0.6) is 5.75 Å². The molecule has 5 heteroatoms. The molecule has 1 spiro atoms. The standard InChI is InChI=1S/C22H30N2O3/c1-2-11-25-20(23)27-15-26-17-6-5-16-12-19-22-8-4-3-7-21(22,18(16)13-17)9-10-24(19)14-22/h5-6,13,19,23H,2-4,7-12,14-15H2,1H3/t19-,21+,22-/m0/s1. The van der Waals surface area contributed by atoms with Gasteiger partial charge in [0.25, 0.3) is 0 Å². The van der Waals surface area contributed by atoms with Crippen molar-refractivity contribution in [3.8, 4) is 5.75 Å². The lowest BCUT2D eigenvalue weighted by molar-refractivity contribution is -0.198. The van der Waals surface area contributed by atoms with Crippen LogP contribution in [0, 0.1) is 10.8 Å². The molecule has 2 bridgehead atoms. The summed E-state index contributed by atoms with van der Waals surface area (Å²) in [6.45, 7) is 5.09. The second kappa shape index (κ2) is 6.40. The number of hydrogen-bond donors (Lipinski definition) is 1. The summed E-state index contributed by atoms with van der Waals surface area (Å²) in [5, 5.41) is 7.62. The highest BCUT2D eigenvalue weighted by molar-refractivity contribution is 5.62. The Morgan fingerprint density at radius 2 is 2.11 bits per heavy atom. The van der Waals surface area contributed by atoms with E-state index in [1.807, 2.05) is 6.92 Å². The second-order valence-electron chi connectivity index (χ2n) is 8.75. The topological polar surface area (TPSA) is 54.8 Å². The van der Waals surface area contributed by atoms with Crippen LogP contribution in [0.1, 0.15) is 56.6 Å². The average molecular weight is 370 g/mol. The predicted molar refractivity (Wildman–Crippen MR) is 103 cm³/mol. The van der Waals surface area contributed by atoms with Gasteiger partial charge in [0, 0.05) is 23.4 Å². The fourth-order valence-electron chi connectivity index (χ4n) is 6.56. The van der Waals surface area contributed by atoms with E-state index in [1.54, 1.807) is 5.56 Å². The van der Waals surface area contributed by atoms with Crippen molar-refractivity contribution < 1.29 is 14.2 Å². The first-order chi connectivity index (χ1) is 13.2. The molecule has 0 aromatic heterocycles. The Morgan fingerprint density at radius 1 is 1.22 bits per heavy atom. The van der Waals surface area contributed by atoms with Crippen molar-refractivity contribution in [3.63, 3.8) is 0 Å². The molecule has 5 rings (SSSR count). The number of piperidine rings is 2. The third kappa shape index (κ3) is 2.43. The fourth-order valence-corrected chi connectivity index (χ4v) is 6.56. The molecule has 4 atom stereocenters. The smallest absolute Gasteiger partial charge is 0.383 e. The summed E-state index contributed by atoms with van der Waals surface area (Å²) in [6.07, 6.45) is 8.67. The van der Waals surface area contributed by atoms with Gasteiger partial charge < -0.3 is 14.2 Å². The molecule has 1 aromatic carbocycles. The van der Waals surface area contributed by atoms with Crippen molar-refractivity contribution in [2.75, 3.05) is 26.5 Å². The highest BCUT2D eigenvalue weighted by atomic mass is 16.7. The summed E-state index contributed by atoms with van der Waals surface area (Å²) < 4.78 is 16.2. The number of fused-ring (bicyclic) bond motifs is 3. The molecule has 1 saturated carbocycles. The van der Waals surface area contributed by atoms with E-state index in [-0.39, 0.29) is 12.9 Å². The van der Waals surface area contributed by atoms with Crippen LogP contribution in [-0.4, -0.2) is 43.5 Å². The Kier molecular flexibility index (Phi) is 4.12. The minimum Gasteiger partial charge on any atom is -0.457 e. The molecule has 2 saturated heterocycles. The largest absolute Gasteiger partial charge is 0.457 e. The monoisotopic (exact) mass is 370 g/mol. The number of rotatable bonds is 5. The van der Waals surface area contributed by atoms with Crippen LogP contribution in [0.15, 0.2) is 18.2 Å². The van der Waals surface area contributed by atoms with Crippen LogP contribution >= 0.6 is 0 Å². The average Bonchev–Trinajstić information content (AvgIpc) is 2.69. The maximum atomic E-state index is 7.62. The van der Waals surface area contributed by atoms with E-state index in [4.69, 9.17) is 19.6 Å². The molecule has 0 amide bonds. The minimum atomic E-state index is -0.163. The van der Waals surface area contributed by atoms with Gasteiger partial charge in [-0.05, 0) is 61.9 Å². The summed E-state index contributed by atoms with van der Waals surface area (Å²) in [5.74, 6) is 0.854. The lowest BCUT2D eigenvalue weighted by atomic mass is 9.40. The Bertz CT molecular complexity index is 743. The van der Waals surface area contributed by atoms with E-state index in [0.717, 1.165) is 18.2 Å². The van der Waals surface area contributed by atoms with E-state index in [0.29, 0.717) is 17.4 Å². The lowest BCUT2D eigenvalue weighted by Gasteiger charge is -2.74. The first-order valence-electron chi connectivity index (χ1n) is 10.5. The van der Waals surface area contributed by atoms with Gasteiger partial charge in [0.05, 0.1) is 6.61 Å². The number of ether oxygens (including phenoxy) is 3. The highest BCUT2D eigenvalue weighted by Crippen LogP contribution is 2.68. The van der Waals surface area contributed by atoms with E-state index < -0.39 is 0 Å². The second-order valence-corrected chi connectivity index (χ2v) is 8.75. The van der Waals surface area contributed by atoms with Crippen LogP contribution in [-0.2, 0) is 21.3 Å². The molecule has 2 aliphatic carbocycles. The molecular formula is C22H30N2O3. The number of nitrogens with one attached hydrogen (secondary N) is 1. The molecule has 3 fully saturated rings. The molecule has 1 N–H and O–H groups in total. The third-order valence-electron chi connectivity index (χ3n) is 7.68. The zero-order chi connectivity index (χ0) is 18.5. The minimum absolute atomic E-state index is 0.0237. The molecule has 27 heavy (non-hydrogen) atoms. The van der Waals surface area contributed by atoms with E-state index in [1.165, 1.54) is 57.2 Å². The van der Waals surface area contributed by atoms with Crippen molar-refractivity contribution in [1.29, 1.82) is 5.41 Å². The summed E-state index contributed by atoms with van der Waals surface area (Å²) in [7, 11) is 0. The van der Waals surface area contributed by atoms with Crippen LogP contribution in [0.2, 0.25) is 0 Å². The first kappa shape index (κ1) is 17.4. The van der Waals surface area contributed by atoms with E-state index >= 15 is 0 Å². The molecule has 2 aliphatic heterocycles. The van der Waals surface area contributed by atoms with Crippen LogP contribution in [0.25, 0.3) is 0 Å². The summed E-state index contributed by atoms with van der Waals surface area (Å²) in [6, 6.07) is 7.38. The molecule has 1 aromatic rings. The molecule has 2 heterocycles. The van der Waals surface area contributed by atoms with E-state index in [2.05, 4.69) is 23.1 Å². The van der Waals surface area contributed by atoms with Crippen molar-refractivity contribution in [1.82, 2.24) is 4.90 Å². The van der Waals surface area contributed by atoms with Crippen LogP contribution < -0.4 is 4.74 Å². The maximum absolute atomic E-state index is 7.62. The quantitative estimate of drug-likeness (QED) is 0.486. The fraction of sp³-hybridized carbons (Fsp3) is 0.682. The van der Waals surface area contributed by atoms with Gasteiger partial charge in [-0.2, -0.15) is 0 Å². The van der Waals surface area contributed by atoms with Crippen molar-refractivity contribution >= 4 is 6.08 Å². The van der Waals surface area contributed by atoms with Gasteiger partial charge in [-0.15, -0.1) is 0 Å².